The first-order chi connectivity index (χ1) is 11.9. The zero-order chi connectivity index (χ0) is 18.4. The molecule has 1 amide bonds. The summed E-state index contributed by atoms with van der Waals surface area (Å²) in [5, 5.41) is 3.85. The molecule has 136 valence electrons. The molecule has 25 heavy (non-hydrogen) atoms. The summed E-state index contributed by atoms with van der Waals surface area (Å²) in [4.78, 5) is 17.1. The van der Waals surface area contributed by atoms with Crippen molar-refractivity contribution >= 4 is 22.5 Å². The highest BCUT2D eigenvalue weighted by molar-refractivity contribution is 6.05. The monoisotopic (exact) mass is 344 g/mol. The van der Waals surface area contributed by atoms with Crippen molar-refractivity contribution in [1.29, 1.82) is 0 Å². The van der Waals surface area contributed by atoms with Gasteiger partial charge in [-0.05, 0) is 50.5 Å². The molecule has 0 aliphatic heterocycles. The molecular formula is C20H28N2O3. The number of rotatable bonds is 8. The number of nitrogens with one attached hydrogen (secondary N) is 1. The van der Waals surface area contributed by atoms with Crippen molar-refractivity contribution in [2.75, 3.05) is 18.5 Å². The van der Waals surface area contributed by atoms with Gasteiger partial charge in [-0.25, -0.2) is 0 Å². The van der Waals surface area contributed by atoms with E-state index in [1.165, 1.54) is 0 Å². The van der Waals surface area contributed by atoms with E-state index in [1.807, 2.05) is 45.0 Å². The SMILES string of the molecule is CCO[C@@](C)(CC)C(=O)Nc1ccc(OCC(C)C)c2ncccc12. The Morgan fingerprint density at radius 2 is 2.04 bits per heavy atom. The van der Waals surface area contributed by atoms with Crippen LogP contribution in [0.4, 0.5) is 5.69 Å². The smallest absolute Gasteiger partial charge is 0.256 e. The summed E-state index contributed by atoms with van der Waals surface area (Å²) in [5.74, 6) is 0.998. The fraction of sp³-hybridized carbons (Fsp3) is 0.500. The molecule has 0 fully saturated rings. The minimum absolute atomic E-state index is 0.155. The fourth-order valence-electron chi connectivity index (χ4n) is 2.53. The number of anilines is 1. The highest BCUT2D eigenvalue weighted by Crippen LogP contribution is 2.31. The molecule has 1 aromatic carbocycles. The average molecular weight is 344 g/mol. The van der Waals surface area contributed by atoms with Crippen molar-refractivity contribution in [3.05, 3.63) is 30.5 Å². The minimum atomic E-state index is -0.851. The lowest BCUT2D eigenvalue weighted by Gasteiger charge is -2.27. The van der Waals surface area contributed by atoms with E-state index in [0.717, 1.165) is 16.7 Å². The number of hydrogen-bond donors (Lipinski definition) is 1. The van der Waals surface area contributed by atoms with E-state index in [2.05, 4.69) is 24.1 Å². The Morgan fingerprint density at radius 1 is 1.28 bits per heavy atom. The first kappa shape index (κ1) is 19.2. The van der Waals surface area contributed by atoms with Crippen molar-refractivity contribution in [2.24, 2.45) is 5.92 Å². The molecule has 0 bridgehead atoms. The van der Waals surface area contributed by atoms with E-state index in [0.29, 0.717) is 31.2 Å². The van der Waals surface area contributed by atoms with Gasteiger partial charge in [0.05, 0.1) is 12.3 Å². The first-order valence-electron chi connectivity index (χ1n) is 8.87. The number of ether oxygens (including phenoxy) is 2. The molecular weight excluding hydrogens is 316 g/mol. The summed E-state index contributed by atoms with van der Waals surface area (Å²) in [6.45, 7) is 11.0. The Bertz CT molecular complexity index is 730. The predicted octanol–water partition coefficient (Wildman–Crippen LogP) is 4.41. The summed E-state index contributed by atoms with van der Waals surface area (Å²) in [6, 6.07) is 7.51. The first-order valence-corrected chi connectivity index (χ1v) is 8.87. The van der Waals surface area contributed by atoms with Crippen LogP contribution in [0.1, 0.15) is 41.0 Å². The predicted molar refractivity (Wildman–Crippen MR) is 101 cm³/mol. The zero-order valence-electron chi connectivity index (χ0n) is 15.8. The van der Waals surface area contributed by atoms with Crippen molar-refractivity contribution in [2.45, 2.75) is 46.6 Å². The van der Waals surface area contributed by atoms with Crippen LogP contribution in [0.5, 0.6) is 5.75 Å². The molecule has 1 atom stereocenters. The summed E-state index contributed by atoms with van der Waals surface area (Å²) in [6.07, 6.45) is 2.32. The quantitative estimate of drug-likeness (QED) is 0.770. The Labute approximate surface area is 149 Å². The lowest BCUT2D eigenvalue weighted by atomic mass is 10.0. The molecule has 1 heterocycles. The molecule has 2 rings (SSSR count). The van der Waals surface area contributed by atoms with Crippen LogP contribution in [0.3, 0.4) is 0 Å². The van der Waals surface area contributed by atoms with Gasteiger partial charge in [0.1, 0.15) is 16.9 Å². The van der Waals surface area contributed by atoms with E-state index >= 15 is 0 Å². The maximum absolute atomic E-state index is 12.7. The number of carbonyl (C=O) groups excluding carboxylic acids is 1. The van der Waals surface area contributed by atoms with Crippen LogP contribution in [0.25, 0.3) is 10.9 Å². The minimum Gasteiger partial charge on any atom is -0.491 e. The maximum Gasteiger partial charge on any atom is 0.256 e. The molecule has 5 nitrogen and oxygen atoms in total. The van der Waals surface area contributed by atoms with Gasteiger partial charge in [0.2, 0.25) is 0 Å². The second-order valence-electron chi connectivity index (χ2n) is 6.69. The Kier molecular flexibility index (Phi) is 6.37. The normalized spacial score (nSPS) is 13.7. The number of hydrogen-bond acceptors (Lipinski definition) is 4. The van der Waals surface area contributed by atoms with Crippen LogP contribution in [-0.4, -0.2) is 29.7 Å². The molecule has 1 N–H and O–H groups in total. The van der Waals surface area contributed by atoms with Crippen LogP contribution >= 0.6 is 0 Å². The van der Waals surface area contributed by atoms with Gasteiger partial charge in [0.15, 0.2) is 0 Å². The summed E-state index contributed by atoms with van der Waals surface area (Å²) >= 11 is 0. The standard InChI is InChI=1S/C20H28N2O3/c1-6-20(5,25-7-2)19(23)22-16-10-11-17(24-13-14(3)4)18-15(16)9-8-12-21-18/h8-12,14H,6-7,13H2,1-5H3,(H,22,23)/t20-/m0/s1. The van der Waals surface area contributed by atoms with E-state index in [4.69, 9.17) is 9.47 Å². The number of amides is 1. The van der Waals surface area contributed by atoms with E-state index in [1.54, 1.807) is 6.20 Å². The summed E-state index contributed by atoms with van der Waals surface area (Å²) < 4.78 is 11.5. The molecule has 0 radical (unpaired) electrons. The van der Waals surface area contributed by atoms with E-state index in [-0.39, 0.29) is 5.91 Å². The topological polar surface area (TPSA) is 60.5 Å². The maximum atomic E-state index is 12.7. The number of nitrogens with zero attached hydrogens (tertiary/aromatic N) is 1. The molecule has 0 saturated carbocycles. The number of fused-ring (bicyclic) bond motifs is 1. The van der Waals surface area contributed by atoms with Gasteiger partial charge in [-0.15, -0.1) is 0 Å². The third-order valence-corrected chi connectivity index (χ3v) is 4.17. The van der Waals surface area contributed by atoms with Gasteiger partial charge < -0.3 is 14.8 Å². The zero-order valence-corrected chi connectivity index (χ0v) is 15.8. The van der Waals surface area contributed by atoms with Crippen LogP contribution in [-0.2, 0) is 9.53 Å². The molecule has 1 aromatic heterocycles. The molecule has 0 aliphatic rings. The molecule has 0 unspecified atom stereocenters. The van der Waals surface area contributed by atoms with Crippen LogP contribution < -0.4 is 10.1 Å². The summed E-state index contributed by atoms with van der Waals surface area (Å²) in [7, 11) is 0. The lowest BCUT2D eigenvalue weighted by molar-refractivity contribution is -0.139. The second kappa shape index (κ2) is 8.30. The lowest BCUT2D eigenvalue weighted by Crippen LogP contribution is -2.42. The molecule has 0 saturated heterocycles. The fourth-order valence-corrected chi connectivity index (χ4v) is 2.53. The van der Waals surface area contributed by atoms with Gasteiger partial charge >= 0.3 is 0 Å². The van der Waals surface area contributed by atoms with Gasteiger partial charge in [-0.3, -0.25) is 9.78 Å². The third kappa shape index (κ3) is 4.48. The number of aromatic nitrogens is 1. The molecule has 0 aliphatic carbocycles. The van der Waals surface area contributed by atoms with Gasteiger partial charge in [-0.2, -0.15) is 0 Å². The largest absolute Gasteiger partial charge is 0.491 e. The van der Waals surface area contributed by atoms with Crippen LogP contribution in [0.15, 0.2) is 30.5 Å². The van der Waals surface area contributed by atoms with E-state index < -0.39 is 5.60 Å². The van der Waals surface area contributed by atoms with E-state index in [9.17, 15) is 4.79 Å². The van der Waals surface area contributed by atoms with Crippen LogP contribution in [0.2, 0.25) is 0 Å². The van der Waals surface area contributed by atoms with Gasteiger partial charge in [0, 0.05) is 18.2 Å². The summed E-state index contributed by atoms with van der Waals surface area (Å²) in [5.41, 5.74) is 0.607. The van der Waals surface area contributed by atoms with Gasteiger partial charge in [0.25, 0.3) is 5.91 Å². The van der Waals surface area contributed by atoms with Crippen molar-refractivity contribution in [3.63, 3.8) is 0 Å². The second-order valence-corrected chi connectivity index (χ2v) is 6.69. The highest BCUT2D eigenvalue weighted by Gasteiger charge is 2.32. The van der Waals surface area contributed by atoms with Crippen molar-refractivity contribution in [3.8, 4) is 5.75 Å². The van der Waals surface area contributed by atoms with Crippen LogP contribution in [0, 0.1) is 5.92 Å². The average Bonchev–Trinajstić information content (AvgIpc) is 2.60. The Hall–Kier alpha value is -2.14. The van der Waals surface area contributed by atoms with Gasteiger partial charge in [-0.1, -0.05) is 20.8 Å². The number of carbonyl (C=O) groups is 1. The molecule has 5 heteroatoms. The highest BCUT2D eigenvalue weighted by atomic mass is 16.5. The van der Waals surface area contributed by atoms with Crippen molar-refractivity contribution < 1.29 is 14.3 Å². The Balaban J connectivity index is 2.33. The Morgan fingerprint density at radius 3 is 2.68 bits per heavy atom. The van der Waals surface area contributed by atoms with Crippen molar-refractivity contribution in [1.82, 2.24) is 4.98 Å². The number of benzene rings is 1. The molecule has 0 spiro atoms. The number of pyridine rings is 1. The third-order valence-electron chi connectivity index (χ3n) is 4.17. The molecule has 2 aromatic rings.